The van der Waals surface area contributed by atoms with E-state index in [1.165, 1.54) is 12.4 Å². The summed E-state index contributed by atoms with van der Waals surface area (Å²) in [6.07, 6.45) is 3.55. The maximum Gasteiger partial charge on any atom is 0.338 e. The van der Waals surface area contributed by atoms with Gasteiger partial charge in [-0.25, -0.2) is 14.8 Å². The maximum absolute atomic E-state index is 10.6. The van der Waals surface area contributed by atoms with Gasteiger partial charge < -0.3 is 15.7 Å². The Morgan fingerprint density at radius 2 is 2.20 bits per heavy atom. The summed E-state index contributed by atoms with van der Waals surface area (Å²) < 4.78 is 0. The molecule has 1 saturated heterocycles. The molecule has 1 fully saturated rings. The third-order valence-corrected chi connectivity index (χ3v) is 2.39. The quantitative estimate of drug-likeness (QED) is 0.694. The van der Waals surface area contributed by atoms with Gasteiger partial charge in [-0.1, -0.05) is 0 Å². The maximum atomic E-state index is 10.6. The number of nitrogens with zero attached hydrogens (tertiary/aromatic N) is 3. The van der Waals surface area contributed by atoms with Crippen LogP contribution in [0.5, 0.6) is 0 Å². The van der Waals surface area contributed by atoms with E-state index in [0.717, 1.165) is 19.5 Å². The number of aromatic nitrogens is 2. The van der Waals surface area contributed by atoms with Crippen LogP contribution in [0.1, 0.15) is 16.8 Å². The van der Waals surface area contributed by atoms with Gasteiger partial charge in [0.25, 0.3) is 0 Å². The van der Waals surface area contributed by atoms with E-state index in [2.05, 4.69) is 9.97 Å². The molecule has 0 radical (unpaired) electrons. The van der Waals surface area contributed by atoms with Crippen LogP contribution in [0.2, 0.25) is 0 Å². The van der Waals surface area contributed by atoms with Gasteiger partial charge >= 0.3 is 5.97 Å². The van der Waals surface area contributed by atoms with Crippen LogP contribution in [0.4, 0.5) is 5.95 Å². The first-order chi connectivity index (χ1) is 7.16. The van der Waals surface area contributed by atoms with E-state index >= 15 is 0 Å². The second-order valence-electron chi connectivity index (χ2n) is 3.57. The minimum Gasteiger partial charge on any atom is -0.478 e. The minimum atomic E-state index is -1.01. The Bertz CT molecular complexity index is 365. The monoisotopic (exact) mass is 208 g/mol. The molecule has 80 valence electrons. The summed E-state index contributed by atoms with van der Waals surface area (Å²) in [4.78, 5) is 20.5. The highest BCUT2D eigenvalue weighted by atomic mass is 16.4. The Balaban J connectivity index is 2.13. The SMILES string of the molecule is NC1CCN(c2ncc(C(=O)O)cn2)C1. The zero-order valence-electron chi connectivity index (χ0n) is 8.13. The van der Waals surface area contributed by atoms with E-state index in [4.69, 9.17) is 10.8 Å². The van der Waals surface area contributed by atoms with Crippen LogP contribution < -0.4 is 10.6 Å². The second kappa shape index (κ2) is 3.82. The molecule has 1 aromatic rings. The predicted molar refractivity (Wildman–Crippen MR) is 53.8 cm³/mol. The van der Waals surface area contributed by atoms with Crippen molar-refractivity contribution in [3.63, 3.8) is 0 Å². The van der Waals surface area contributed by atoms with Gasteiger partial charge in [-0.2, -0.15) is 0 Å². The van der Waals surface area contributed by atoms with Crippen molar-refractivity contribution >= 4 is 11.9 Å². The van der Waals surface area contributed by atoms with Gasteiger partial charge in [-0.05, 0) is 6.42 Å². The van der Waals surface area contributed by atoms with Gasteiger partial charge in [0, 0.05) is 31.5 Å². The van der Waals surface area contributed by atoms with Gasteiger partial charge in [0.1, 0.15) is 0 Å². The average Bonchev–Trinajstić information content (AvgIpc) is 2.65. The van der Waals surface area contributed by atoms with E-state index in [9.17, 15) is 4.79 Å². The molecule has 0 bridgehead atoms. The van der Waals surface area contributed by atoms with Crippen molar-refractivity contribution < 1.29 is 9.90 Å². The van der Waals surface area contributed by atoms with Crippen LogP contribution in [0.15, 0.2) is 12.4 Å². The van der Waals surface area contributed by atoms with Crippen LogP contribution in [-0.2, 0) is 0 Å². The summed E-state index contributed by atoms with van der Waals surface area (Å²) in [7, 11) is 0. The van der Waals surface area contributed by atoms with Crippen LogP contribution >= 0.6 is 0 Å². The van der Waals surface area contributed by atoms with Crippen molar-refractivity contribution in [1.29, 1.82) is 0 Å². The first-order valence-corrected chi connectivity index (χ1v) is 4.72. The lowest BCUT2D eigenvalue weighted by molar-refractivity contribution is 0.0696. The van der Waals surface area contributed by atoms with Crippen molar-refractivity contribution in [1.82, 2.24) is 9.97 Å². The van der Waals surface area contributed by atoms with E-state index in [1.807, 2.05) is 4.90 Å². The molecule has 1 unspecified atom stereocenters. The largest absolute Gasteiger partial charge is 0.478 e. The standard InChI is InChI=1S/C9H12N4O2/c10-7-1-2-13(5-7)9-11-3-6(4-12-9)8(14)15/h3-4,7H,1-2,5,10H2,(H,14,15). The lowest BCUT2D eigenvalue weighted by atomic mass is 10.3. The number of hydrogen-bond donors (Lipinski definition) is 2. The molecule has 0 amide bonds. The fourth-order valence-corrected chi connectivity index (χ4v) is 1.56. The van der Waals surface area contributed by atoms with Gasteiger partial charge in [0.2, 0.25) is 5.95 Å². The van der Waals surface area contributed by atoms with Crippen LogP contribution in [0.25, 0.3) is 0 Å². The van der Waals surface area contributed by atoms with E-state index in [0.29, 0.717) is 5.95 Å². The van der Waals surface area contributed by atoms with Crippen LogP contribution in [0, 0.1) is 0 Å². The molecule has 2 rings (SSSR count). The molecule has 2 heterocycles. The molecule has 1 aliphatic heterocycles. The molecule has 3 N–H and O–H groups in total. The number of rotatable bonds is 2. The molecule has 1 aromatic heterocycles. The van der Waals surface area contributed by atoms with Gasteiger partial charge in [-0.15, -0.1) is 0 Å². The third kappa shape index (κ3) is 2.04. The lowest BCUT2D eigenvalue weighted by Gasteiger charge is -2.14. The number of anilines is 1. The predicted octanol–water partition coefficient (Wildman–Crippen LogP) is -0.288. The van der Waals surface area contributed by atoms with Crippen molar-refractivity contribution in [2.45, 2.75) is 12.5 Å². The fourth-order valence-electron chi connectivity index (χ4n) is 1.56. The zero-order valence-corrected chi connectivity index (χ0v) is 8.13. The Kier molecular flexibility index (Phi) is 2.51. The topological polar surface area (TPSA) is 92.3 Å². The van der Waals surface area contributed by atoms with E-state index in [1.54, 1.807) is 0 Å². The van der Waals surface area contributed by atoms with Crippen LogP contribution in [0.3, 0.4) is 0 Å². The van der Waals surface area contributed by atoms with E-state index < -0.39 is 5.97 Å². The molecular formula is C9H12N4O2. The average molecular weight is 208 g/mol. The molecule has 15 heavy (non-hydrogen) atoms. The molecule has 0 saturated carbocycles. The van der Waals surface area contributed by atoms with Crippen molar-refractivity contribution in [2.24, 2.45) is 5.73 Å². The molecular weight excluding hydrogens is 196 g/mol. The molecule has 6 nitrogen and oxygen atoms in total. The number of aromatic carboxylic acids is 1. The first-order valence-electron chi connectivity index (χ1n) is 4.72. The first kappa shape index (κ1) is 9.85. The molecule has 1 atom stereocenters. The lowest BCUT2D eigenvalue weighted by Crippen LogP contribution is -2.27. The molecule has 6 heteroatoms. The fraction of sp³-hybridized carbons (Fsp3) is 0.444. The van der Waals surface area contributed by atoms with Crippen molar-refractivity contribution in [3.05, 3.63) is 18.0 Å². The third-order valence-electron chi connectivity index (χ3n) is 2.39. The zero-order chi connectivity index (χ0) is 10.8. The second-order valence-corrected chi connectivity index (χ2v) is 3.57. The highest BCUT2D eigenvalue weighted by Gasteiger charge is 2.21. The molecule has 0 aromatic carbocycles. The summed E-state index contributed by atoms with van der Waals surface area (Å²) >= 11 is 0. The Morgan fingerprint density at radius 1 is 1.53 bits per heavy atom. The number of carboxylic acids is 1. The van der Waals surface area contributed by atoms with Crippen LogP contribution in [-0.4, -0.2) is 40.2 Å². The van der Waals surface area contributed by atoms with Gasteiger partial charge in [-0.3, -0.25) is 0 Å². The number of carboxylic acid groups (broad SMARTS) is 1. The summed E-state index contributed by atoms with van der Waals surface area (Å²) in [6, 6.07) is 0.160. The molecule has 0 aliphatic carbocycles. The Hall–Kier alpha value is -1.69. The normalized spacial score (nSPS) is 20.6. The summed E-state index contributed by atoms with van der Waals surface area (Å²) in [5.74, 6) is -0.465. The number of carbonyl (C=O) groups is 1. The van der Waals surface area contributed by atoms with E-state index in [-0.39, 0.29) is 11.6 Å². The highest BCUT2D eigenvalue weighted by molar-refractivity contribution is 5.86. The van der Waals surface area contributed by atoms with Gasteiger partial charge in [0.05, 0.1) is 5.56 Å². The summed E-state index contributed by atoms with van der Waals surface area (Å²) in [5.41, 5.74) is 5.85. The van der Waals surface area contributed by atoms with Gasteiger partial charge in [0.15, 0.2) is 0 Å². The minimum absolute atomic E-state index is 0.0993. The van der Waals surface area contributed by atoms with Crippen molar-refractivity contribution in [3.8, 4) is 0 Å². The Labute approximate surface area is 86.7 Å². The summed E-state index contributed by atoms with van der Waals surface area (Å²) in [6.45, 7) is 1.56. The smallest absolute Gasteiger partial charge is 0.338 e. The Morgan fingerprint density at radius 3 is 2.67 bits per heavy atom. The molecule has 0 spiro atoms. The number of nitrogens with two attached hydrogens (primary N) is 1. The van der Waals surface area contributed by atoms with Crippen molar-refractivity contribution in [2.75, 3.05) is 18.0 Å². The highest BCUT2D eigenvalue weighted by Crippen LogP contribution is 2.14. The molecule has 1 aliphatic rings. The summed E-state index contributed by atoms with van der Waals surface area (Å²) in [5, 5.41) is 8.67. The number of hydrogen-bond acceptors (Lipinski definition) is 5.